The van der Waals surface area contributed by atoms with Gasteiger partial charge in [0.2, 0.25) is 0 Å². The highest BCUT2D eigenvalue weighted by atomic mass is 79.9. The van der Waals surface area contributed by atoms with Gasteiger partial charge in [0.05, 0.1) is 6.61 Å². The van der Waals surface area contributed by atoms with Gasteiger partial charge >= 0.3 is 5.97 Å². The molecular weight excluding hydrogens is 324 g/mol. The molecule has 0 unspecified atom stereocenters. The number of hydrogen-bond donors (Lipinski definition) is 0. The van der Waals surface area contributed by atoms with Crippen LogP contribution in [0.2, 0.25) is 0 Å². The first kappa shape index (κ1) is 12.5. The fraction of sp³-hybridized carbons (Fsp3) is 0.182. The Morgan fingerprint density at radius 1 is 1.33 bits per heavy atom. The Bertz CT molecular complexity index is 366. The number of esters is 1. The molecule has 0 aromatic heterocycles. The van der Waals surface area contributed by atoms with Gasteiger partial charge in [-0.2, -0.15) is 0 Å². The summed E-state index contributed by atoms with van der Waals surface area (Å²) >= 11 is 6.74. The maximum Gasteiger partial charge on any atom is 0.330 e. The summed E-state index contributed by atoms with van der Waals surface area (Å²) < 4.78 is 6.69. The van der Waals surface area contributed by atoms with Crippen molar-refractivity contribution in [3.63, 3.8) is 0 Å². The molecule has 0 saturated heterocycles. The number of carbonyl (C=O) groups excluding carboxylic acids is 1. The van der Waals surface area contributed by atoms with Gasteiger partial charge in [0.25, 0.3) is 0 Å². The minimum absolute atomic E-state index is 0.325. The number of rotatable bonds is 3. The van der Waals surface area contributed by atoms with E-state index < -0.39 is 0 Å². The van der Waals surface area contributed by atoms with Crippen LogP contribution in [-0.4, -0.2) is 12.6 Å². The minimum Gasteiger partial charge on any atom is -0.463 e. The predicted octanol–water partition coefficient (Wildman–Crippen LogP) is 3.79. The zero-order valence-corrected chi connectivity index (χ0v) is 11.3. The molecule has 15 heavy (non-hydrogen) atoms. The normalized spacial score (nSPS) is 10.6. The molecule has 0 heterocycles. The molecule has 0 radical (unpaired) electrons. The summed E-state index contributed by atoms with van der Waals surface area (Å²) in [5, 5.41) is 0. The third-order valence-corrected chi connectivity index (χ3v) is 2.50. The lowest BCUT2D eigenvalue weighted by atomic mass is 10.2. The van der Waals surface area contributed by atoms with Crippen molar-refractivity contribution in [2.45, 2.75) is 6.92 Å². The molecule has 0 aliphatic rings. The molecule has 1 rings (SSSR count). The van der Waals surface area contributed by atoms with Crippen LogP contribution in [0.25, 0.3) is 6.08 Å². The van der Waals surface area contributed by atoms with E-state index in [-0.39, 0.29) is 5.97 Å². The number of ether oxygens (including phenoxy) is 1. The quantitative estimate of drug-likeness (QED) is 0.621. The third-order valence-electron chi connectivity index (χ3n) is 1.58. The van der Waals surface area contributed by atoms with Crippen LogP contribution in [0.3, 0.4) is 0 Å². The summed E-state index contributed by atoms with van der Waals surface area (Å²) in [6.45, 7) is 2.17. The van der Waals surface area contributed by atoms with Crippen molar-refractivity contribution < 1.29 is 9.53 Å². The van der Waals surface area contributed by atoms with Crippen LogP contribution in [0.5, 0.6) is 0 Å². The number of hydrogen-bond acceptors (Lipinski definition) is 2. The van der Waals surface area contributed by atoms with E-state index in [4.69, 9.17) is 4.74 Å². The first-order valence-electron chi connectivity index (χ1n) is 4.42. The van der Waals surface area contributed by atoms with Crippen LogP contribution >= 0.6 is 31.9 Å². The van der Waals surface area contributed by atoms with Gasteiger partial charge in [-0.05, 0) is 36.8 Å². The minimum atomic E-state index is -0.325. The monoisotopic (exact) mass is 332 g/mol. The van der Waals surface area contributed by atoms with Gasteiger partial charge < -0.3 is 4.74 Å². The standard InChI is InChI=1S/C11H10Br2O2/c1-2-15-11(14)4-3-8-5-9(12)7-10(13)6-8/h3-7H,2H2,1H3/b4-3+. The van der Waals surface area contributed by atoms with Crippen molar-refractivity contribution in [2.24, 2.45) is 0 Å². The highest BCUT2D eigenvalue weighted by Gasteiger charge is 1.96. The van der Waals surface area contributed by atoms with Gasteiger partial charge in [0, 0.05) is 15.0 Å². The molecule has 0 aliphatic heterocycles. The molecule has 0 fully saturated rings. The first-order valence-corrected chi connectivity index (χ1v) is 6.01. The molecule has 4 heteroatoms. The SMILES string of the molecule is CCOC(=O)/C=C/c1cc(Br)cc(Br)c1. The highest BCUT2D eigenvalue weighted by Crippen LogP contribution is 2.20. The fourth-order valence-corrected chi connectivity index (χ4v) is 2.36. The zero-order chi connectivity index (χ0) is 11.3. The maximum absolute atomic E-state index is 11.1. The Morgan fingerprint density at radius 3 is 2.47 bits per heavy atom. The topological polar surface area (TPSA) is 26.3 Å². The number of halogens is 2. The summed E-state index contributed by atoms with van der Waals surface area (Å²) in [6.07, 6.45) is 3.13. The smallest absolute Gasteiger partial charge is 0.330 e. The van der Waals surface area contributed by atoms with Crippen LogP contribution < -0.4 is 0 Å². The van der Waals surface area contributed by atoms with Crippen molar-refractivity contribution in [2.75, 3.05) is 6.61 Å². The van der Waals surface area contributed by atoms with Gasteiger partial charge in [0.15, 0.2) is 0 Å². The van der Waals surface area contributed by atoms with E-state index in [2.05, 4.69) is 31.9 Å². The molecule has 1 aromatic carbocycles. The molecule has 0 N–H and O–H groups in total. The van der Waals surface area contributed by atoms with Crippen molar-refractivity contribution >= 4 is 43.9 Å². The maximum atomic E-state index is 11.1. The van der Waals surface area contributed by atoms with Crippen LogP contribution in [0.4, 0.5) is 0 Å². The second kappa shape index (κ2) is 6.08. The van der Waals surface area contributed by atoms with E-state index in [1.807, 2.05) is 18.2 Å². The van der Waals surface area contributed by atoms with E-state index in [1.54, 1.807) is 13.0 Å². The van der Waals surface area contributed by atoms with Gasteiger partial charge in [-0.3, -0.25) is 0 Å². The largest absolute Gasteiger partial charge is 0.463 e. The molecule has 0 bridgehead atoms. The summed E-state index contributed by atoms with van der Waals surface area (Å²) in [5.41, 5.74) is 0.935. The average Bonchev–Trinajstić information content (AvgIpc) is 2.14. The molecule has 0 spiro atoms. The summed E-state index contributed by atoms with van der Waals surface area (Å²) in [5.74, 6) is -0.325. The third kappa shape index (κ3) is 4.62. The van der Waals surface area contributed by atoms with Crippen molar-refractivity contribution in [1.82, 2.24) is 0 Å². The lowest BCUT2D eigenvalue weighted by Crippen LogP contribution is -1.98. The molecule has 0 saturated carbocycles. The molecule has 1 aromatic rings. The van der Waals surface area contributed by atoms with Gasteiger partial charge in [0.1, 0.15) is 0 Å². The van der Waals surface area contributed by atoms with Crippen molar-refractivity contribution in [1.29, 1.82) is 0 Å². The van der Waals surface area contributed by atoms with Crippen molar-refractivity contribution in [3.8, 4) is 0 Å². The Kier molecular flexibility index (Phi) is 5.05. The summed E-state index contributed by atoms with van der Waals surface area (Å²) in [6, 6.07) is 5.77. The molecule has 2 nitrogen and oxygen atoms in total. The van der Waals surface area contributed by atoms with E-state index >= 15 is 0 Å². The van der Waals surface area contributed by atoms with E-state index in [1.165, 1.54) is 6.08 Å². The molecule has 0 aliphatic carbocycles. The Balaban J connectivity index is 2.76. The number of carbonyl (C=O) groups is 1. The molecular formula is C11H10Br2O2. The van der Waals surface area contributed by atoms with Gasteiger partial charge in [-0.25, -0.2) is 4.79 Å². The summed E-state index contributed by atoms with van der Waals surface area (Å²) in [4.78, 5) is 11.1. The molecule has 80 valence electrons. The van der Waals surface area contributed by atoms with Crippen LogP contribution in [0, 0.1) is 0 Å². The summed E-state index contributed by atoms with van der Waals surface area (Å²) in [7, 11) is 0. The van der Waals surface area contributed by atoms with Gasteiger partial charge in [-0.15, -0.1) is 0 Å². The Hall–Kier alpha value is -0.610. The zero-order valence-electron chi connectivity index (χ0n) is 8.17. The first-order chi connectivity index (χ1) is 7.11. The lowest BCUT2D eigenvalue weighted by molar-refractivity contribution is -0.137. The van der Waals surface area contributed by atoms with E-state index in [9.17, 15) is 4.79 Å². The molecule has 0 atom stereocenters. The van der Waals surface area contributed by atoms with E-state index in [0.717, 1.165) is 14.5 Å². The number of benzene rings is 1. The van der Waals surface area contributed by atoms with Crippen molar-refractivity contribution in [3.05, 3.63) is 38.8 Å². The van der Waals surface area contributed by atoms with E-state index in [0.29, 0.717) is 6.61 Å². The van der Waals surface area contributed by atoms with Crippen LogP contribution in [-0.2, 0) is 9.53 Å². The van der Waals surface area contributed by atoms with Crippen LogP contribution in [0.15, 0.2) is 33.2 Å². The molecule has 0 amide bonds. The average molecular weight is 334 g/mol. The Labute approximate surface area is 106 Å². The lowest BCUT2D eigenvalue weighted by Gasteiger charge is -1.98. The van der Waals surface area contributed by atoms with Crippen LogP contribution in [0.1, 0.15) is 12.5 Å². The predicted molar refractivity (Wildman–Crippen MR) is 67.5 cm³/mol. The second-order valence-electron chi connectivity index (χ2n) is 2.79. The fourth-order valence-electron chi connectivity index (χ4n) is 1.03. The highest BCUT2D eigenvalue weighted by molar-refractivity contribution is 9.11. The Morgan fingerprint density at radius 2 is 1.93 bits per heavy atom. The second-order valence-corrected chi connectivity index (χ2v) is 4.62. The van der Waals surface area contributed by atoms with Gasteiger partial charge in [-0.1, -0.05) is 31.9 Å².